The van der Waals surface area contributed by atoms with Gasteiger partial charge in [-0.05, 0) is 57.8 Å². The Balaban J connectivity index is 3.33. The Morgan fingerprint density at radius 2 is 0.610 bits per heavy atom. The number of hydrogen-bond donors (Lipinski definition) is 3. The van der Waals surface area contributed by atoms with Gasteiger partial charge in [-0.25, -0.2) is 0 Å². The zero-order chi connectivity index (χ0) is 59.2. The summed E-state index contributed by atoms with van der Waals surface area (Å²) in [4.78, 5) is 24.6. The number of aliphatic hydroxyl groups excluding tert-OH is 2. The van der Waals surface area contributed by atoms with Crippen molar-refractivity contribution in [3.8, 4) is 0 Å². The van der Waals surface area contributed by atoms with Gasteiger partial charge in [0.1, 0.15) is 0 Å². The number of nitrogens with one attached hydrogen (secondary N) is 1. The van der Waals surface area contributed by atoms with E-state index in [0.717, 1.165) is 51.4 Å². The Bertz CT molecular complexity index is 1280. The van der Waals surface area contributed by atoms with Crippen LogP contribution in [-0.4, -0.2) is 47.4 Å². The Hall–Kier alpha value is -1.66. The Kier molecular flexibility index (Phi) is 70.4. The molecule has 0 aromatic carbocycles. The number of ether oxygens (including phenoxy) is 1. The lowest BCUT2D eigenvalue weighted by Gasteiger charge is -2.22. The minimum absolute atomic E-state index is 0.00746. The number of carbonyl (C=O) groups is 2. The van der Waals surface area contributed by atoms with Gasteiger partial charge < -0.3 is 20.3 Å². The molecule has 0 saturated carbocycles. The molecule has 2 atom stereocenters. The molecule has 486 valence electrons. The average molecular weight is 1160 g/mol. The van der Waals surface area contributed by atoms with Crippen LogP contribution in [0.4, 0.5) is 0 Å². The van der Waals surface area contributed by atoms with E-state index in [-0.39, 0.29) is 18.5 Å². The fraction of sp³-hybridized carbons (Fsp3) is 0.921. The predicted molar refractivity (Wildman–Crippen MR) is 361 cm³/mol. The molecule has 0 saturated heterocycles. The van der Waals surface area contributed by atoms with Gasteiger partial charge in [-0.1, -0.05) is 378 Å². The van der Waals surface area contributed by atoms with E-state index in [4.69, 9.17) is 4.74 Å². The largest absolute Gasteiger partial charge is 0.466 e. The van der Waals surface area contributed by atoms with Crippen LogP contribution < -0.4 is 5.32 Å². The van der Waals surface area contributed by atoms with Gasteiger partial charge >= 0.3 is 5.97 Å². The molecule has 0 bridgehead atoms. The maximum Gasteiger partial charge on any atom is 0.305 e. The highest BCUT2D eigenvalue weighted by atomic mass is 16.5. The number of rotatable bonds is 71. The predicted octanol–water partition coefficient (Wildman–Crippen LogP) is 24.5. The number of carbonyl (C=O) groups excluding carboxylic acids is 2. The van der Waals surface area contributed by atoms with Crippen LogP contribution in [0.1, 0.15) is 425 Å². The lowest BCUT2D eigenvalue weighted by molar-refractivity contribution is -0.143. The van der Waals surface area contributed by atoms with E-state index in [1.165, 1.54) is 340 Å². The number of esters is 1. The summed E-state index contributed by atoms with van der Waals surface area (Å²) in [5.74, 6) is -0.0191. The number of amides is 1. The van der Waals surface area contributed by atoms with Gasteiger partial charge in [0, 0.05) is 12.8 Å². The van der Waals surface area contributed by atoms with E-state index in [2.05, 4.69) is 43.5 Å². The van der Waals surface area contributed by atoms with Gasteiger partial charge in [0.25, 0.3) is 0 Å². The molecule has 6 heteroatoms. The molecule has 0 aromatic heterocycles. The molecule has 82 heavy (non-hydrogen) atoms. The molecule has 2 unspecified atom stereocenters. The first-order chi connectivity index (χ1) is 40.5. The summed E-state index contributed by atoms with van der Waals surface area (Å²) in [5.41, 5.74) is 0. The zero-order valence-electron chi connectivity index (χ0n) is 55.8. The SMILES string of the molecule is CCCCCC/C=C\C/C=C\CCCCCCCC(=O)OCCCCCCCCCCCCCCCCCCCCCCCCCCCCCCCCC(=O)NC(CO)C(O)CCCCCCCCCCCCCCCCCCCCC. The zero-order valence-corrected chi connectivity index (χ0v) is 55.8. The lowest BCUT2D eigenvalue weighted by Crippen LogP contribution is -2.45. The summed E-state index contributed by atoms with van der Waals surface area (Å²) in [6.07, 6.45) is 91.0. The van der Waals surface area contributed by atoms with Crippen LogP contribution in [0.2, 0.25) is 0 Å². The second-order valence-corrected chi connectivity index (χ2v) is 26.0. The third-order valence-electron chi connectivity index (χ3n) is 17.8. The molecular formula is C76H147NO5. The summed E-state index contributed by atoms with van der Waals surface area (Å²) < 4.78 is 5.50. The molecule has 1 amide bonds. The van der Waals surface area contributed by atoms with Crippen LogP contribution in [0.25, 0.3) is 0 Å². The van der Waals surface area contributed by atoms with Gasteiger partial charge in [-0.3, -0.25) is 9.59 Å². The van der Waals surface area contributed by atoms with Crippen molar-refractivity contribution in [2.45, 2.75) is 437 Å². The highest BCUT2D eigenvalue weighted by molar-refractivity contribution is 5.76. The van der Waals surface area contributed by atoms with Crippen LogP contribution in [0.3, 0.4) is 0 Å². The van der Waals surface area contributed by atoms with Crippen LogP contribution in [-0.2, 0) is 14.3 Å². The van der Waals surface area contributed by atoms with Gasteiger partial charge in [0.2, 0.25) is 5.91 Å². The number of unbranched alkanes of at least 4 members (excludes halogenated alkanes) is 56. The highest BCUT2D eigenvalue weighted by Gasteiger charge is 2.20. The molecule has 0 rings (SSSR count). The smallest absolute Gasteiger partial charge is 0.305 e. The molecule has 0 aliphatic heterocycles. The van der Waals surface area contributed by atoms with Crippen molar-refractivity contribution < 1.29 is 24.5 Å². The fourth-order valence-electron chi connectivity index (χ4n) is 12.0. The van der Waals surface area contributed by atoms with Crippen molar-refractivity contribution in [2.24, 2.45) is 0 Å². The van der Waals surface area contributed by atoms with Crippen molar-refractivity contribution in [3.05, 3.63) is 24.3 Å². The molecule has 0 radical (unpaired) electrons. The molecular weight excluding hydrogens is 1010 g/mol. The average Bonchev–Trinajstić information content (AvgIpc) is 3.48. The van der Waals surface area contributed by atoms with Gasteiger partial charge in [0.15, 0.2) is 0 Å². The molecule has 0 aliphatic rings. The maximum absolute atomic E-state index is 12.5. The molecule has 0 spiro atoms. The number of aliphatic hydroxyl groups is 2. The standard InChI is InChI=1S/C76H147NO5/c1-3-5-7-9-11-13-15-17-19-21-34-37-40-44-48-52-56-60-64-68-74(79)73(72-78)77-75(80)69-65-61-57-53-49-45-41-38-35-32-30-28-26-24-22-23-25-27-29-31-33-36-39-43-47-51-55-59-63-67-71-82-76(81)70-66-62-58-54-50-46-42-20-18-16-14-12-10-8-6-4-2/h14,16,20,42,73-74,78-79H,3-13,15,17-19,21-41,43-72H2,1-2H3,(H,77,80)/b16-14-,42-20-. The third kappa shape index (κ3) is 67.5. The van der Waals surface area contributed by atoms with E-state index in [1.807, 2.05) is 0 Å². The summed E-state index contributed by atoms with van der Waals surface area (Å²) in [6.45, 7) is 4.98. The van der Waals surface area contributed by atoms with Crippen LogP contribution in [0, 0.1) is 0 Å². The van der Waals surface area contributed by atoms with Crippen molar-refractivity contribution in [1.82, 2.24) is 5.32 Å². The Morgan fingerprint density at radius 3 is 0.939 bits per heavy atom. The first-order valence-electron chi connectivity index (χ1n) is 37.6. The number of allylic oxidation sites excluding steroid dienone is 4. The summed E-state index contributed by atoms with van der Waals surface area (Å²) >= 11 is 0. The van der Waals surface area contributed by atoms with E-state index >= 15 is 0 Å². The van der Waals surface area contributed by atoms with E-state index in [0.29, 0.717) is 25.9 Å². The minimum atomic E-state index is -0.662. The van der Waals surface area contributed by atoms with Gasteiger partial charge in [-0.2, -0.15) is 0 Å². The van der Waals surface area contributed by atoms with E-state index < -0.39 is 12.1 Å². The lowest BCUT2D eigenvalue weighted by atomic mass is 10.0. The third-order valence-corrected chi connectivity index (χ3v) is 17.8. The van der Waals surface area contributed by atoms with Crippen LogP contribution >= 0.6 is 0 Å². The first-order valence-corrected chi connectivity index (χ1v) is 37.6. The first kappa shape index (κ1) is 80.3. The molecule has 0 aromatic rings. The number of hydrogen-bond acceptors (Lipinski definition) is 5. The van der Waals surface area contributed by atoms with Gasteiger partial charge in [-0.15, -0.1) is 0 Å². The van der Waals surface area contributed by atoms with Crippen molar-refractivity contribution >= 4 is 11.9 Å². The molecule has 0 fully saturated rings. The molecule has 0 heterocycles. The Morgan fingerprint density at radius 1 is 0.341 bits per heavy atom. The van der Waals surface area contributed by atoms with Crippen molar-refractivity contribution in [2.75, 3.05) is 13.2 Å². The summed E-state index contributed by atoms with van der Waals surface area (Å²) in [6, 6.07) is -0.539. The molecule has 0 aliphatic carbocycles. The normalized spacial score (nSPS) is 12.6. The Labute approximate surface area is 513 Å². The monoisotopic (exact) mass is 1150 g/mol. The second-order valence-electron chi connectivity index (χ2n) is 26.0. The van der Waals surface area contributed by atoms with Crippen molar-refractivity contribution in [3.63, 3.8) is 0 Å². The molecule has 3 N–H and O–H groups in total. The maximum atomic E-state index is 12.5. The summed E-state index contributed by atoms with van der Waals surface area (Å²) in [5, 5.41) is 23.4. The highest BCUT2D eigenvalue weighted by Crippen LogP contribution is 2.20. The fourth-order valence-corrected chi connectivity index (χ4v) is 12.0. The van der Waals surface area contributed by atoms with E-state index in [1.54, 1.807) is 0 Å². The summed E-state index contributed by atoms with van der Waals surface area (Å²) in [7, 11) is 0. The van der Waals surface area contributed by atoms with Crippen LogP contribution in [0.5, 0.6) is 0 Å². The topological polar surface area (TPSA) is 95.9 Å². The quantitative estimate of drug-likeness (QED) is 0.0320. The van der Waals surface area contributed by atoms with Crippen molar-refractivity contribution in [1.29, 1.82) is 0 Å². The minimum Gasteiger partial charge on any atom is -0.466 e. The second kappa shape index (κ2) is 71.8. The molecule has 6 nitrogen and oxygen atoms in total. The van der Waals surface area contributed by atoms with Gasteiger partial charge in [0.05, 0.1) is 25.4 Å². The van der Waals surface area contributed by atoms with E-state index in [9.17, 15) is 19.8 Å². The van der Waals surface area contributed by atoms with Crippen LogP contribution in [0.15, 0.2) is 24.3 Å².